The maximum atomic E-state index is 8.81. The minimum absolute atomic E-state index is 0.126. The zero-order valence-corrected chi connectivity index (χ0v) is 10.5. The molecule has 2 aromatic rings. The van der Waals surface area contributed by atoms with E-state index in [9.17, 15) is 0 Å². The molecule has 0 bridgehead atoms. The maximum Gasteiger partial charge on any atom is 0.0886 e. The van der Waals surface area contributed by atoms with Crippen molar-refractivity contribution in [3.05, 3.63) is 34.4 Å². The molecule has 0 atom stereocenters. The van der Waals surface area contributed by atoms with E-state index in [2.05, 4.69) is 10.3 Å². The Labute approximate surface area is 109 Å². The lowest BCUT2D eigenvalue weighted by atomic mass is 10.1. The Balaban J connectivity index is 2.32. The third-order valence-electron chi connectivity index (χ3n) is 2.36. The molecule has 0 spiro atoms. The number of aliphatic hydroxyl groups is 1. The summed E-state index contributed by atoms with van der Waals surface area (Å²) in [6.45, 7) is 0.743. The van der Waals surface area contributed by atoms with Gasteiger partial charge in [-0.15, -0.1) is 5.10 Å². The summed E-state index contributed by atoms with van der Waals surface area (Å²) in [6.07, 6.45) is 2.30. The highest BCUT2D eigenvalue weighted by Gasteiger charge is 2.08. The van der Waals surface area contributed by atoms with Gasteiger partial charge in [0, 0.05) is 18.7 Å². The van der Waals surface area contributed by atoms with Gasteiger partial charge < -0.3 is 5.11 Å². The largest absolute Gasteiger partial charge is 0.396 e. The molecule has 17 heavy (non-hydrogen) atoms. The number of hydrogen-bond donors (Lipinski definition) is 1. The number of benzene rings is 1. The summed E-state index contributed by atoms with van der Waals surface area (Å²) in [6, 6.07) is 5.38. The first-order chi connectivity index (χ1) is 8.22. The van der Waals surface area contributed by atoms with Crippen LogP contribution in [0.4, 0.5) is 0 Å². The molecule has 1 N–H and O–H groups in total. The zero-order chi connectivity index (χ0) is 12.3. The molecule has 0 aliphatic heterocycles. The predicted octanol–water partition coefficient (Wildman–Crippen LogP) is 2.63. The number of hydrogen-bond acceptors (Lipinski definition) is 3. The Morgan fingerprint density at radius 2 is 2.06 bits per heavy atom. The molecule has 4 nitrogen and oxygen atoms in total. The van der Waals surface area contributed by atoms with Gasteiger partial charge in [0.15, 0.2) is 0 Å². The number of aliphatic hydroxyl groups excluding tert-OH is 1. The van der Waals surface area contributed by atoms with E-state index in [1.54, 1.807) is 23.0 Å². The molecular formula is C11H11Cl2N3O. The van der Waals surface area contributed by atoms with Crippen LogP contribution in [0.1, 0.15) is 6.42 Å². The summed E-state index contributed by atoms with van der Waals surface area (Å²) < 4.78 is 1.73. The van der Waals surface area contributed by atoms with Gasteiger partial charge in [-0.25, -0.2) is 4.68 Å². The van der Waals surface area contributed by atoms with Crippen molar-refractivity contribution < 1.29 is 5.11 Å². The number of halogens is 2. The molecule has 1 aromatic heterocycles. The third kappa shape index (κ3) is 2.77. The molecule has 0 radical (unpaired) electrons. The van der Waals surface area contributed by atoms with Gasteiger partial charge in [0.2, 0.25) is 0 Å². The van der Waals surface area contributed by atoms with Crippen molar-refractivity contribution in [2.45, 2.75) is 13.0 Å². The van der Waals surface area contributed by atoms with Crippen LogP contribution >= 0.6 is 23.2 Å². The van der Waals surface area contributed by atoms with Crippen molar-refractivity contribution in [3.8, 4) is 11.3 Å². The van der Waals surface area contributed by atoms with Crippen molar-refractivity contribution in [2.75, 3.05) is 6.61 Å². The van der Waals surface area contributed by atoms with Crippen molar-refractivity contribution in [1.82, 2.24) is 15.0 Å². The normalized spacial score (nSPS) is 10.8. The van der Waals surface area contributed by atoms with Crippen LogP contribution in [-0.2, 0) is 6.54 Å². The summed E-state index contributed by atoms with van der Waals surface area (Å²) in [5, 5.41) is 17.6. The van der Waals surface area contributed by atoms with Gasteiger partial charge in [-0.1, -0.05) is 34.5 Å². The van der Waals surface area contributed by atoms with Gasteiger partial charge in [-0.3, -0.25) is 0 Å². The molecule has 0 saturated heterocycles. The first kappa shape index (κ1) is 12.4. The third-order valence-corrected chi connectivity index (χ3v) is 3.10. The van der Waals surface area contributed by atoms with Gasteiger partial charge in [0.25, 0.3) is 0 Å². The maximum absolute atomic E-state index is 8.81. The molecule has 0 saturated carbocycles. The van der Waals surface area contributed by atoms with Gasteiger partial charge in [-0.05, 0) is 18.6 Å². The number of aryl methyl sites for hydroxylation is 1. The molecular weight excluding hydrogens is 261 g/mol. The van der Waals surface area contributed by atoms with Crippen LogP contribution in [-0.4, -0.2) is 26.7 Å². The van der Waals surface area contributed by atoms with E-state index in [1.165, 1.54) is 0 Å². The highest BCUT2D eigenvalue weighted by Crippen LogP contribution is 2.27. The molecule has 2 rings (SSSR count). The Hall–Kier alpha value is -1.10. The van der Waals surface area contributed by atoms with Crippen LogP contribution in [0.25, 0.3) is 11.3 Å². The number of rotatable bonds is 4. The van der Waals surface area contributed by atoms with E-state index in [4.69, 9.17) is 28.3 Å². The summed E-state index contributed by atoms with van der Waals surface area (Å²) in [5.74, 6) is 0. The fourth-order valence-electron chi connectivity index (χ4n) is 1.52. The zero-order valence-electron chi connectivity index (χ0n) is 8.98. The molecule has 90 valence electrons. The molecule has 1 heterocycles. The van der Waals surface area contributed by atoms with Crippen molar-refractivity contribution in [3.63, 3.8) is 0 Å². The minimum Gasteiger partial charge on any atom is -0.396 e. The fourth-order valence-corrected chi connectivity index (χ4v) is 1.82. The highest BCUT2D eigenvalue weighted by molar-refractivity contribution is 6.42. The Morgan fingerprint density at radius 1 is 1.24 bits per heavy atom. The van der Waals surface area contributed by atoms with Crippen molar-refractivity contribution in [2.24, 2.45) is 0 Å². The number of aromatic nitrogens is 3. The standard InChI is InChI=1S/C11H11Cl2N3O/c12-9-3-2-8(6-10(9)13)11-7-14-15-16(11)4-1-5-17/h2-3,6-7,17H,1,4-5H2. The summed E-state index contributed by atoms with van der Waals surface area (Å²) in [7, 11) is 0. The number of nitrogens with zero attached hydrogens (tertiary/aromatic N) is 3. The van der Waals surface area contributed by atoms with Crippen LogP contribution in [0, 0.1) is 0 Å². The lowest BCUT2D eigenvalue weighted by Gasteiger charge is -2.06. The molecule has 0 aliphatic rings. The predicted molar refractivity (Wildman–Crippen MR) is 67.2 cm³/mol. The van der Waals surface area contributed by atoms with Gasteiger partial charge in [0.1, 0.15) is 0 Å². The SMILES string of the molecule is OCCCn1nncc1-c1ccc(Cl)c(Cl)c1. The monoisotopic (exact) mass is 271 g/mol. The second-order valence-corrected chi connectivity index (χ2v) is 4.36. The average molecular weight is 272 g/mol. The van der Waals surface area contributed by atoms with Crippen LogP contribution in [0.2, 0.25) is 10.0 Å². The summed E-state index contributed by atoms with van der Waals surface area (Å²) >= 11 is 11.8. The lowest BCUT2D eigenvalue weighted by molar-refractivity contribution is 0.276. The van der Waals surface area contributed by atoms with E-state index in [0.29, 0.717) is 23.0 Å². The van der Waals surface area contributed by atoms with E-state index in [-0.39, 0.29) is 6.61 Å². The van der Waals surface area contributed by atoms with Gasteiger partial charge >= 0.3 is 0 Å². The van der Waals surface area contributed by atoms with E-state index < -0.39 is 0 Å². The van der Waals surface area contributed by atoms with Gasteiger partial charge in [0.05, 0.1) is 21.9 Å². The molecule has 0 amide bonds. The van der Waals surface area contributed by atoms with Crippen molar-refractivity contribution in [1.29, 1.82) is 0 Å². The topological polar surface area (TPSA) is 50.9 Å². The van der Waals surface area contributed by atoms with Crippen molar-refractivity contribution >= 4 is 23.2 Å². The lowest BCUT2D eigenvalue weighted by Crippen LogP contribution is -2.04. The summed E-state index contributed by atoms with van der Waals surface area (Å²) in [4.78, 5) is 0. The van der Waals surface area contributed by atoms with Gasteiger partial charge in [-0.2, -0.15) is 0 Å². The second kappa shape index (κ2) is 5.49. The first-order valence-corrected chi connectivity index (χ1v) is 5.92. The Morgan fingerprint density at radius 3 is 2.76 bits per heavy atom. The average Bonchev–Trinajstić information content (AvgIpc) is 2.78. The van der Waals surface area contributed by atoms with Crippen LogP contribution in [0.5, 0.6) is 0 Å². The van der Waals surface area contributed by atoms with Crippen LogP contribution in [0.3, 0.4) is 0 Å². The van der Waals surface area contributed by atoms with Crippen LogP contribution < -0.4 is 0 Å². The second-order valence-electron chi connectivity index (χ2n) is 3.55. The molecule has 0 fully saturated rings. The first-order valence-electron chi connectivity index (χ1n) is 5.17. The fraction of sp³-hybridized carbons (Fsp3) is 0.273. The molecule has 0 unspecified atom stereocenters. The van der Waals surface area contributed by atoms with E-state index in [1.807, 2.05) is 6.07 Å². The quantitative estimate of drug-likeness (QED) is 0.930. The Bertz CT molecular complexity index is 513. The van der Waals surface area contributed by atoms with E-state index in [0.717, 1.165) is 11.3 Å². The molecule has 1 aromatic carbocycles. The molecule has 0 aliphatic carbocycles. The highest BCUT2D eigenvalue weighted by atomic mass is 35.5. The van der Waals surface area contributed by atoms with Crippen LogP contribution in [0.15, 0.2) is 24.4 Å². The minimum atomic E-state index is 0.126. The summed E-state index contributed by atoms with van der Waals surface area (Å²) in [5.41, 5.74) is 1.76. The molecule has 6 heteroatoms. The Kier molecular flexibility index (Phi) is 3.99. The smallest absolute Gasteiger partial charge is 0.0886 e. The van der Waals surface area contributed by atoms with E-state index >= 15 is 0 Å².